The maximum atomic E-state index is 11.1. The minimum absolute atomic E-state index is 0.240. The molecule has 1 amide bonds. The number of guanidine groups is 1. The van der Waals surface area contributed by atoms with Crippen LogP contribution in [0.2, 0.25) is 0 Å². The van der Waals surface area contributed by atoms with E-state index in [9.17, 15) is 4.79 Å². The zero-order valence-electron chi connectivity index (χ0n) is 13.2. The van der Waals surface area contributed by atoms with Gasteiger partial charge in [0.05, 0.1) is 0 Å². The Hall–Kier alpha value is -2.12. The molecular formula is C14H24N6O2. The first-order valence-corrected chi connectivity index (χ1v) is 7.69. The van der Waals surface area contributed by atoms with Gasteiger partial charge in [0.1, 0.15) is 6.54 Å². The summed E-state index contributed by atoms with van der Waals surface area (Å²) in [6, 6.07) is 0. The van der Waals surface area contributed by atoms with Crippen LogP contribution in [0.4, 0.5) is 0 Å². The van der Waals surface area contributed by atoms with Crippen molar-refractivity contribution in [2.24, 2.45) is 16.6 Å². The lowest BCUT2D eigenvalue weighted by molar-refractivity contribution is -0.119. The third-order valence-electron chi connectivity index (χ3n) is 3.58. The highest BCUT2D eigenvalue weighted by atomic mass is 16.5. The molecule has 22 heavy (non-hydrogen) atoms. The van der Waals surface area contributed by atoms with Crippen LogP contribution in [0.25, 0.3) is 0 Å². The molecule has 0 aromatic carbocycles. The van der Waals surface area contributed by atoms with Gasteiger partial charge in [-0.05, 0) is 25.7 Å². The second kappa shape index (κ2) is 7.77. The second-order valence-electron chi connectivity index (χ2n) is 5.52. The summed E-state index contributed by atoms with van der Waals surface area (Å²) < 4.78 is 4.95. The minimum atomic E-state index is -0.240. The molecule has 8 nitrogen and oxygen atoms in total. The number of carbonyl (C=O) groups excluding carboxylic acids is 1. The lowest BCUT2D eigenvalue weighted by Gasteiger charge is -2.34. The third-order valence-corrected chi connectivity index (χ3v) is 3.58. The molecule has 1 saturated heterocycles. The molecule has 122 valence electrons. The number of rotatable bonds is 5. The number of aliphatic imine (C=N–C) groups is 1. The summed E-state index contributed by atoms with van der Waals surface area (Å²) >= 11 is 0. The number of carbonyl (C=O) groups is 1. The van der Waals surface area contributed by atoms with Gasteiger partial charge in [0.2, 0.25) is 11.8 Å². The van der Waals surface area contributed by atoms with Crippen LogP contribution in [-0.4, -0.2) is 46.5 Å². The fourth-order valence-electron chi connectivity index (χ4n) is 2.69. The molecule has 1 aliphatic rings. The summed E-state index contributed by atoms with van der Waals surface area (Å²) in [7, 11) is 0. The Kier molecular flexibility index (Phi) is 5.74. The van der Waals surface area contributed by atoms with E-state index < -0.39 is 0 Å². The molecule has 2 heterocycles. The highest BCUT2D eigenvalue weighted by Crippen LogP contribution is 2.19. The van der Waals surface area contributed by atoms with Crippen molar-refractivity contribution in [3.8, 4) is 0 Å². The summed E-state index contributed by atoms with van der Waals surface area (Å²) in [5.41, 5.74) is 5.31. The molecule has 2 rings (SSSR count). The molecule has 8 heteroatoms. The molecule has 0 saturated carbocycles. The maximum absolute atomic E-state index is 11.1. The van der Waals surface area contributed by atoms with Crippen LogP contribution in [-0.2, 0) is 11.3 Å². The number of hydrogen-bond acceptors (Lipinski definition) is 5. The van der Waals surface area contributed by atoms with Crippen LogP contribution in [0.5, 0.6) is 0 Å². The van der Waals surface area contributed by atoms with Crippen molar-refractivity contribution in [1.82, 2.24) is 20.4 Å². The van der Waals surface area contributed by atoms with E-state index in [1.165, 1.54) is 0 Å². The number of amides is 1. The maximum Gasteiger partial charge on any atom is 0.223 e. The molecule has 1 aliphatic heterocycles. The normalized spacial score (nSPS) is 19.3. The number of nitrogens with zero attached hydrogens (tertiary/aromatic N) is 4. The number of nitrogens with two attached hydrogens (primary N) is 1. The van der Waals surface area contributed by atoms with Gasteiger partial charge in [-0.2, -0.15) is 4.98 Å². The topological polar surface area (TPSA) is 110 Å². The van der Waals surface area contributed by atoms with E-state index in [4.69, 9.17) is 10.3 Å². The summed E-state index contributed by atoms with van der Waals surface area (Å²) in [6.45, 7) is 6.65. The van der Waals surface area contributed by atoms with Gasteiger partial charge in [0.25, 0.3) is 0 Å². The predicted molar refractivity (Wildman–Crippen MR) is 82.0 cm³/mol. The Bertz CT molecular complexity index is 527. The van der Waals surface area contributed by atoms with Crippen LogP contribution in [0.15, 0.2) is 9.52 Å². The predicted octanol–water partition coefficient (Wildman–Crippen LogP) is 0.431. The molecule has 1 aromatic heterocycles. The van der Waals surface area contributed by atoms with Crippen molar-refractivity contribution in [2.45, 2.75) is 39.7 Å². The Labute approximate surface area is 130 Å². The number of piperidine rings is 1. The average molecular weight is 308 g/mol. The molecule has 1 fully saturated rings. The summed E-state index contributed by atoms with van der Waals surface area (Å²) in [5.74, 6) is 1.98. The van der Waals surface area contributed by atoms with Crippen LogP contribution >= 0.6 is 0 Å². The number of primary amides is 1. The molecule has 0 aliphatic carbocycles. The van der Waals surface area contributed by atoms with E-state index in [-0.39, 0.29) is 5.91 Å². The van der Waals surface area contributed by atoms with Gasteiger partial charge in [-0.1, -0.05) is 5.16 Å². The van der Waals surface area contributed by atoms with Gasteiger partial charge >= 0.3 is 0 Å². The van der Waals surface area contributed by atoms with E-state index in [1.807, 2.05) is 6.92 Å². The molecule has 3 N–H and O–H groups in total. The SMILES string of the molecule is CCNC(=NCc1noc(C)n1)N1CCCC(CC(N)=O)C1. The quantitative estimate of drug-likeness (QED) is 0.603. The fraction of sp³-hybridized carbons (Fsp3) is 0.714. The zero-order valence-corrected chi connectivity index (χ0v) is 13.2. The largest absolute Gasteiger partial charge is 0.370 e. The van der Waals surface area contributed by atoms with Gasteiger partial charge in [-0.25, -0.2) is 4.99 Å². The van der Waals surface area contributed by atoms with E-state index in [1.54, 1.807) is 6.92 Å². The number of likely N-dealkylation sites (tertiary alicyclic amines) is 1. The van der Waals surface area contributed by atoms with Gasteiger partial charge in [0, 0.05) is 33.0 Å². The summed E-state index contributed by atoms with van der Waals surface area (Å²) in [6.07, 6.45) is 2.49. The highest BCUT2D eigenvalue weighted by Gasteiger charge is 2.23. The average Bonchev–Trinajstić information content (AvgIpc) is 2.88. The first kappa shape index (κ1) is 16.3. The number of aryl methyl sites for hydroxylation is 1. The third kappa shape index (κ3) is 4.71. The summed E-state index contributed by atoms with van der Waals surface area (Å²) in [5, 5.41) is 7.12. The molecule has 0 spiro atoms. The lowest BCUT2D eigenvalue weighted by Crippen LogP contribution is -2.47. The zero-order chi connectivity index (χ0) is 15.9. The van der Waals surface area contributed by atoms with E-state index in [0.29, 0.717) is 30.6 Å². The van der Waals surface area contributed by atoms with Crippen molar-refractivity contribution in [2.75, 3.05) is 19.6 Å². The number of aromatic nitrogens is 2. The standard InChI is InChI=1S/C14H24N6O2/c1-3-16-14(17-8-13-18-10(2)22-19-13)20-6-4-5-11(9-20)7-12(15)21/h11H,3-9H2,1-2H3,(H2,15,21)(H,16,17). The molecule has 0 radical (unpaired) electrons. The Balaban J connectivity index is 2.01. The van der Waals surface area contributed by atoms with Crippen molar-refractivity contribution in [3.05, 3.63) is 11.7 Å². The first-order chi connectivity index (χ1) is 10.6. The van der Waals surface area contributed by atoms with Gasteiger partial charge < -0.3 is 20.5 Å². The molecule has 1 atom stereocenters. The summed E-state index contributed by atoms with van der Waals surface area (Å²) in [4.78, 5) is 22.0. The molecule has 0 bridgehead atoms. The molecular weight excluding hydrogens is 284 g/mol. The number of nitrogens with one attached hydrogen (secondary N) is 1. The van der Waals surface area contributed by atoms with Gasteiger partial charge in [-0.15, -0.1) is 0 Å². The van der Waals surface area contributed by atoms with Crippen molar-refractivity contribution in [1.29, 1.82) is 0 Å². The lowest BCUT2D eigenvalue weighted by atomic mass is 9.95. The Morgan fingerprint density at radius 3 is 3.05 bits per heavy atom. The van der Waals surface area contributed by atoms with E-state index in [0.717, 1.165) is 38.4 Å². The molecule has 1 unspecified atom stereocenters. The van der Waals surface area contributed by atoms with E-state index >= 15 is 0 Å². The fourth-order valence-corrected chi connectivity index (χ4v) is 2.69. The highest BCUT2D eigenvalue weighted by molar-refractivity contribution is 5.80. The number of hydrogen-bond donors (Lipinski definition) is 2. The van der Waals surface area contributed by atoms with Crippen molar-refractivity contribution >= 4 is 11.9 Å². The van der Waals surface area contributed by atoms with Crippen molar-refractivity contribution < 1.29 is 9.32 Å². The van der Waals surface area contributed by atoms with Crippen LogP contribution < -0.4 is 11.1 Å². The van der Waals surface area contributed by atoms with Crippen LogP contribution in [0, 0.1) is 12.8 Å². The Morgan fingerprint density at radius 2 is 2.41 bits per heavy atom. The molecule has 1 aromatic rings. The van der Waals surface area contributed by atoms with Gasteiger partial charge in [0.15, 0.2) is 11.8 Å². The van der Waals surface area contributed by atoms with Crippen molar-refractivity contribution in [3.63, 3.8) is 0 Å². The Morgan fingerprint density at radius 1 is 1.59 bits per heavy atom. The monoisotopic (exact) mass is 308 g/mol. The van der Waals surface area contributed by atoms with Crippen LogP contribution in [0.1, 0.15) is 37.9 Å². The minimum Gasteiger partial charge on any atom is -0.370 e. The first-order valence-electron chi connectivity index (χ1n) is 7.69. The smallest absolute Gasteiger partial charge is 0.223 e. The van der Waals surface area contributed by atoms with Gasteiger partial charge in [-0.3, -0.25) is 4.79 Å². The van der Waals surface area contributed by atoms with E-state index in [2.05, 4.69) is 25.3 Å². The van der Waals surface area contributed by atoms with Crippen LogP contribution in [0.3, 0.4) is 0 Å². The second-order valence-corrected chi connectivity index (χ2v) is 5.52.